The summed E-state index contributed by atoms with van der Waals surface area (Å²) in [6.45, 7) is 1.71. The number of unbranched alkanes of at least 4 members (excludes halogenated alkanes) is 3. The molecule has 1 amide bonds. The molecule has 5 heteroatoms. The molecule has 0 heterocycles. The molecule has 0 aromatic heterocycles. The molecule has 112 valence electrons. The number of nitrogens with one attached hydrogen (secondary N) is 1. The van der Waals surface area contributed by atoms with Crippen molar-refractivity contribution in [3.8, 4) is 5.75 Å². The van der Waals surface area contributed by atoms with E-state index in [4.69, 9.17) is 5.11 Å². The van der Waals surface area contributed by atoms with Crippen molar-refractivity contribution >= 4 is 12.0 Å². The van der Waals surface area contributed by atoms with Gasteiger partial charge in [0.15, 0.2) is 0 Å². The number of hydrogen-bond acceptors (Lipinski definition) is 2. The van der Waals surface area contributed by atoms with Gasteiger partial charge in [-0.3, -0.25) is 4.79 Å². The van der Waals surface area contributed by atoms with Crippen LogP contribution in [0.3, 0.4) is 0 Å². The molecule has 0 aliphatic heterocycles. The fourth-order valence-corrected chi connectivity index (χ4v) is 1.68. The Morgan fingerprint density at radius 2 is 1.80 bits per heavy atom. The monoisotopic (exact) mass is 298 g/mol. The maximum Gasteiger partial charge on any atom is 0.243 e. The van der Waals surface area contributed by atoms with E-state index >= 15 is 0 Å². The molecule has 20 heavy (non-hydrogen) atoms. The lowest BCUT2D eigenvalue weighted by Crippen LogP contribution is -3.00. The van der Waals surface area contributed by atoms with Crippen molar-refractivity contribution in [2.24, 2.45) is 0 Å². The molecule has 0 aliphatic rings. The van der Waals surface area contributed by atoms with Crippen LogP contribution in [0, 0.1) is 0 Å². The average molecular weight is 299 g/mol. The Morgan fingerprint density at radius 1 is 1.15 bits per heavy atom. The number of aromatic hydroxyl groups is 1. The van der Waals surface area contributed by atoms with E-state index in [9.17, 15) is 4.79 Å². The van der Waals surface area contributed by atoms with E-state index in [1.54, 1.807) is 30.3 Å². The Morgan fingerprint density at radius 3 is 2.45 bits per heavy atom. The highest BCUT2D eigenvalue weighted by Crippen LogP contribution is 2.10. The van der Waals surface area contributed by atoms with Gasteiger partial charge >= 0.3 is 0 Å². The first-order valence-electron chi connectivity index (χ1n) is 6.76. The largest absolute Gasteiger partial charge is 1.00 e. The molecular formula is C15H23ClN2O2. The van der Waals surface area contributed by atoms with Crippen LogP contribution >= 0.6 is 0 Å². The van der Waals surface area contributed by atoms with Crippen molar-refractivity contribution in [2.75, 3.05) is 13.1 Å². The van der Waals surface area contributed by atoms with Crippen molar-refractivity contribution in [3.05, 3.63) is 35.9 Å². The predicted molar refractivity (Wildman–Crippen MR) is 76.4 cm³/mol. The van der Waals surface area contributed by atoms with Crippen LogP contribution in [0.25, 0.3) is 6.08 Å². The van der Waals surface area contributed by atoms with Crippen molar-refractivity contribution in [3.63, 3.8) is 0 Å². The lowest BCUT2D eigenvalue weighted by atomic mass is 10.2. The van der Waals surface area contributed by atoms with Crippen LogP contribution in [0.1, 0.15) is 31.2 Å². The minimum absolute atomic E-state index is 0. The van der Waals surface area contributed by atoms with E-state index in [0.717, 1.165) is 37.9 Å². The summed E-state index contributed by atoms with van der Waals surface area (Å²) in [5.74, 6) is 0.147. The van der Waals surface area contributed by atoms with E-state index in [0.29, 0.717) is 0 Å². The Hall–Kier alpha value is -1.52. The molecule has 0 bridgehead atoms. The molecule has 0 radical (unpaired) electrons. The first-order valence-corrected chi connectivity index (χ1v) is 6.76. The Balaban J connectivity index is 0.00000361. The van der Waals surface area contributed by atoms with E-state index in [1.165, 1.54) is 12.5 Å². The van der Waals surface area contributed by atoms with Gasteiger partial charge in [0.1, 0.15) is 5.75 Å². The predicted octanol–water partition coefficient (Wildman–Crippen LogP) is -1.67. The molecule has 0 saturated carbocycles. The molecule has 0 fully saturated rings. The second kappa shape index (κ2) is 11.3. The van der Waals surface area contributed by atoms with Crippen LogP contribution in [0.2, 0.25) is 0 Å². The normalized spacial score (nSPS) is 10.2. The third kappa shape index (κ3) is 8.56. The number of hydrogen-bond donors (Lipinski definition) is 3. The highest BCUT2D eigenvalue weighted by atomic mass is 35.5. The standard InChI is InChI=1S/C15H22N2O2.ClH/c16-11-3-1-2-4-12-17-15(19)10-7-13-5-8-14(18)9-6-13;/h5-10,18H,1-4,11-12,16H2,(H,17,19);1H/b10-7+;. The Labute approximate surface area is 126 Å². The third-order valence-corrected chi connectivity index (χ3v) is 2.80. The molecule has 1 rings (SSSR count). The highest BCUT2D eigenvalue weighted by molar-refractivity contribution is 5.91. The molecule has 0 atom stereocenters. The topological polar surface area (TPSA) is 77.0 Å². The van der Waals surface area contributed by atoms with Gasteiger partial charge < -0.3 is 28.6 Å². The summed E-state index contributed by atoms with van der Waals surface area (Å²) in [7, 11) is 0. The third-order valence-electron chi connectivity index (χ3n) is 2.80. The number of carbonyl (C=O) groups is 1. The van der Waals surface area contributed by atoms with Crippen LogP contribution in [0.4, 0.5) is 0 Å². The summed E-state index contributed by atoms with van der Waals surface area (Å²) in [6.07, 6.45) is 7.74. The first kappa shape index (κ1) is 18.5. The van der Waals surface area contributed by atoms with E-state index in [-0.39, 0.29) is 24.1 Å². The van der Waals surface area contributed by atoms with Gasteiger partial charge in [-0.15, -0.1) is 0 Å². The lowest BCUT2D eigenvalue weighted by molar-refractivity contribution is -0.368. The smallest absolute Gasteiger partial charge is 0.243 e. The van der Waals surface area contributed by atoms with Gasteiger partial charge in [0.05, 0.1) is 6.54 Å². The maximum absolute atomic E-state index is 11.5. The van der Waals surface area contributed by atoms with Crippen LogP contribution in [-0.4, -0.2) is 24.1 Å². The Bertz CT molecular complexity index is 405. The van der Waals surface area contributed by atoms with Crippen LogP contribution in [0.15, 0.2) is 30.3 Å². The van der Waals surface area contributed by atoms with Crippen molar-refractivity contribution in [1.82, 2.24) is 5.32 Å². The molecular weight excluding hydrogens is 276 g/mol. The second-order valence-electron chi connectivity index (χ2n) is 4.48. The van der Waals surface area contributed by atoms with Gasteiger partial charge in [0.2, 0.25) is 5.91 Å². The summed E-state index contributed by atoms with van der Waals surface area (Å²) >= 11 is 0. The van der Waals surface area contributed by atoms with Gasteiger partial charge in [-0.25, -0.2) is 0 Å². The number of amides is 1. The number of phenolic OH excluding ortho intramolecular Hbond substituents is 1. The molecule has 5 N–H and O–H groups in total. The minimum atomic E-state index is -0.0785. The molecule has 0 unspecified atom stereocenters. The second-order valence-corrected chi connectivity index (χ2v) is 4.48. The molecule has 0 spiro atoms. The van der Waals surface area contributed by atoms with Crippen LogP contribution < -0.4 is 23.5 Å². The van der Waals surface area contributed by atoms with Gasteiger partial charge in [-0.2, -0.15) is 0 Å². The highest BCUT2D eigenvalue weighted by Gasteiger charge is 1.95. The number of halogens is 1. The van der Waals surface area contributed by atoms with Crippen molar-refractivity contribution < 1.29 is 28.0 Å². The van der Waals surface area contributed by atoms with Crippen LogP contribution in [-0.2, 0) is 4.79 Å². The number of carbonyl (C=O) groups excluding carboxylic acids is 1. The quantitative estimate of drug-likeness (QED) is 0.396. The Kier molecular flexibility index (Phi) is 10.5. The molecule has 4 nitrogen and oxygen atoms in total. The molecule has 0 aliphatic carbocycles. The number of benzene rings is 1. The number of rotatable bonds is 8. The number of phenols is 1. The molecule has 0 saturated heterocycles. The van der Waals surface area contributed by atoms with Crippen molar-refractivity contribution in [1.29, 1.82) is 0 Å². The lowest BCUT2D eigenvalue weighted by Gasteiger charge is -2.01. The zero-order valence-electron chi connectivity index (χ0n) is 11.6. The molecule has 1 aromatic rings. The summed E-state index contributed by atoms with van der Waals surface area (Å²) < 4.78 is 0. The van der Waals surface area contributed by atoms with Gasteiger partial charge in [0, 0.05) is 12.6 Å². The van der Waals surface area contributed by atoms with E-state index < -0.39 is 0 Å². The summed E-state index contributed by atoms with van der Waals surface area (Å²) in [6, 6.07) is 6.72. The van der Waals surface area contributed by atoms with Gasteiger partial charge in [-0.1, -0.05) is 18.6 Å². The zero-order chi connectivity index (χ0) is 13.9. The van der Waals surface area contributed by atoms with E-state index in [1.807, 2.05) is 0 Å². The zero-order valence-corrected chi connectivity index (χ0v) is 12.4. The van der Waals surface area contributed by atoms with E-state index in [2.05, 4.69) is 11.1 Å². The maximum atomic E-state index is 11.5. The summed E-state index contributed by atoms with van der Waals surface area (Å²) in [5.41, 5.74) is 4.69. The van der Waals surface area contributed by atoms with Crippen LogP contribution in [0.5, 0.6) is 5.75 Å². The fraction of sp³-hybridized carbons (Fsp3) is 0.400. The first-order chi connectivity index (χ1) is 9.22. The minimum Gasteiger partial charge on any atom is -1.00 e. The summed E-state index contributed by atoms with van der Waals surface area (Å²) in [4.78, 5) is 11.5. The average Bonchev–Trinajstić information content (AvgIpc) is 2.42. The van der Waals surface area contributed by atoms with Gasteiger partial charge in [0.25, 0.3) is 0 Å². The van der Waals surface area contributed by atoms with Gasteiger partial charge in [-0.05, 0) is 43.0 Å². The SMILES string of the molecule is [Cl-].[NH3+]CCCCCCNC(=O)/C=C/c1ccc(O)cc1. The van der Waals surface area contributed by atoms with Crippen molar-refractivity contribution in [2.45, 2.75) is 25.7 Å². The molecule has 1 aromatic carbocycles. The summed E-state index contributed by atoms with van der Waals surface area (Å²) in [5, 5.41) is 12.0. The number of quaternary nitrogens is 1. The fourth-order valence-electron chi connectivity index (χ4n) is 1.68.